The Hall–Kier alpha value is -0.280. The van der Waals surface area contributed by atoms with Crippen molar-refractivity contribution in [3.63, 3.8) is 0 Å². The number of rotatable bonds is 2. The van der Waals surface area contributed by atoms with E-state index in [1.54, 1.807) is 0 Å². The number of hydrogen-bond donors (Lipinski definition) is 2. The number of carbonyl (C=O) groups is 1. The van der Waals surface area contributed by atoms with Crippen LogP contribution in [0.25, 0.3) is 0 Å². The van der Waals surface area contributed by atoms with Gasteiger partial charge in [0.1, 0.15) is 0 Å². The molecule has 0 radical (unpaired) electrons. The third kappa shape index (κ3) is 1.95. The van der Waals surface area contributed by atoms with Gasteiger partial charge in [-0.1, -0.05) is 0 Å². The van der Waals surface area contributed by atoms with E-state index in [2.05, 4.69) is 5.32 Å². The van der Waals surface area contributed by atoms with E-state index in [-0.39, 0.29) is 30.4 Å². The molecule has 4 heteroatoms. The molecule has 0 aromatic carbocycles. The lowest BCUT2D eigenvalue weighted by molar-refractivity contribution is -0.125. The van der Waals surface area contributed by atoms with Gasteiger partial charge in [-0.15, -0.1) is 12.4 Å². The quantitative estimate of drug-likeness (QED) is 0.773. The van der Waals surface area contributed by atoms with Crippen LogP contribution in [0.2, 0.25) is 0 Å². The van der Waals surface area contributed by atoms with E-state index in [4.69, 9.17) is 5.73 Å². The van der Waals surface area contributed by atoms with E-state index in [1.807, 2.05) is 0 Å². The molecular weight excluding hydrogens is 224 g/mol. The van der Waals surface area contributed by atoms with Crippen LogP contribution in [0.1, 0.15) is 38.5 Å². The zero-order chi connectivity index (χ0) is 10.5. The fourth-order valence-corrected chi connectivity index (χ4v) is 4.61. The van der Waals surface area contributed by atoms with Crippen molar-refractivity contribution in [2.75, 3.05) is 6.54 Å². The second kappa shape index (κ2) is 4.19. The summed E-state index contributed by atoms with van der Waals surface area (Å²) in [5.74, 6) is 2.69. The van der Waals surface area contributed by atoms with Gasteiger partial charge in [-0.3, -0.25) is 4.79 Å². The van der Waals surface area contributed by atoms with Gasteiger partial charge in [0, 0.05) is 5.54 Å². The highest BCUT2D eigenvalue weighted by molar-refractivity contribution is 5.85. The maximum absolute atomic E-state index is 11.5. The van der Waals surface area contributed by atoms with Crippen molar-refractivity contribution >= 4 is 18.3 Å². The number of amides is 1. The third-order valence-corrected chi connectivity index (χ3v) is 4.63. The van der Waals surface area contributed by atoms with E-state index in [0.29, 0.717) is 0 Å². The van der Waals surface area contributed by atoms with Gasteiger partial charge in [-0.25, -0.2) is 0 Å². The second-order valence-corrected chi connectivity index (χ2v) is 5.95. The summed E-state index contributed by atoms with van der Waals surface area (Å²) in [5.41, 5.74) is 5.53. The summed E-state index contributed by atoms with van der Waals surface area (Å²) in [5, 5.41) is 3.21. The van der Waals surface area contributed by atoms with Gasteiger partial charge >= 0.3 is 0 Å². The normalized spacial score (nSPS) is 43.9. The summed E-state index contributed by atoms with van der Waals surface area (Å²) in [7, 11) is 0. The molecule has 0 aromatic heterocycles. The summed E-state index contributed by atoms with van der Waals surface area (Å²) in [6.45, 7) is 0.141. The Labute approximate surface area is 103 Å². The van der Waals surface area contributed by atoms with Crippen LogP contribution in [0.3, 0.4) is 0 Å². The Balaban J connectivity index is 0.000000963. The topological polar surface area (TPSA) is 55.1 Å². The number of nitrogens with two attached hydrogens (primary N) is 1. The molecule has 4 fully saturated rings. The van der Waals surface area contributed by atoms with E-state index in [1.165, 1.54) is 38.5 Å². The Morgan fingerprint density at radius 2 is 1.56 bits per heavy atom. The summed E-state index contributed by atoms with van der Waals surface area (Å²) >= 11 is 0. The van der Waals surface area contributed by atoms with Crippen molar-refractivity contribution in [1.82, 2.24) is 5.32 Å². The van der Waals surface area contributed by atoms with E-state index >= 15 is 0 Å². The lowest BCUT2D eigenvalue weighted by Gasteiger charge is -2.56. The maximum atomic E-state index is 11.5. The molecular formula is C12H21ClN2O. The molecule has 1 amide bonds. The standard InChI is InChI=1S/C12H20N2O.ClH/c13-7-11(15)14-12-4-8-1-9(5-12)3-10(2-8)6-12;/h8-10H,1-7,13H2,(H,14,15);1H. The van der Waals surface area contributed by atoms with Gasteiger partial charge in [-0.05, 0) is 56.3 Å². The van der Waals surface area contributed by atoms with Gasteiger partial charge in [0.25, 0.3) is 0 Å². The first-order valence-electron chi connectivity index (χ1n) is 6.20. The molecule has 0 atom stereocenters. The van der Waals surface area contributed by atoms with Crippen molar-refractivity contribution in [1.29, 1.82) is 0 Å². The second-order valence-electron chi connectivity index (χ2n) is 5.95. The fourth-order valence-electron chi connectivity index (χ4n) is 4.61. The van der Waals surface area contributed by atoms with Crippen LogP contribution in [0, 0.1) is 17.8 Å². The minimum atomic E-state index is 0. The largest absolute Gasteiger partial charge is 0.350 e. The molecule has 92 valence electrons. The van der Waals surface area contributed by atoms with Gasteiger partial charge < -0.3 is 11.1 Å². The third-order valence-electron chi connectivity index (χ3n) is 4.63. The highest BCUT2D eigenvalue weighted by Gasteiger charge is 2.51. The first-order valence-corrected chi connectivity index (χ1v) is 6.20. The van der Waals surface area contributed by atoms with Crippen LogP contribution in [-0.2, 0) is 4.79 Å². The molecule has 0 saturated heterocycles. The monoisotopic (exact) mass is 244 g/mol. The van der Waals surface area contributed by atoms with Crippen molar-refractivity contribution < 1.29 is 4.79 Å². The summed E-state index contributed by atoms with van der Waals surface area (Å²) in [4.78, 5) is 11.5. The fraction of sp³-hybridized carbons (Fsp3) is 0.917. The molecule has 4 rings (SSSR count). The number of carbonyl (C=O) groups excluding carboxylic acids is 1. The van der Waals surface area contributed by atoms with E-state index < -0.39 is 0 Å². The molecule has 0 unspecified atom stereocenters. The molecule has 4 saturated carbocycles. The first-order chi connectivity index (χ1) is 7.19. The van der Waals surface area contributed by atoms with Crippen molar-refractivity contribution in [3.8, 4) is 0 Å². The lowest BCUT2D eigenvalue weighted by atomic mass is 9.53. The van der Waals surface area contributed by atoms with Gasteiger partial charge in [0.05, 0.1) is 6.54 Å². The molecule has 3 N–H and O–H groups in total. The highest BCUT2D eigenvalue weighted by Crippen LogP contribution is 2.55. The SMILES string of the molecule is Cl.NCC(=O)NC12CC3CC(CC(C3)C1)C2. The summed E-state index contributed by atoms with van der Waals surface area (Å²) in [6.07, 6.45) is 7.88. The van der Waals surface area contributed by atoms with Crippen LogP contribution >= 0.6 is 12.4 Å². The van der Waals surface area contributed by atoms with Crippen molar-refractivity contribution in [2.45, 2.75) is 44.1 Å². The number of nitrogens with one attached hydrogen (secondary N) is 1. The maximum Gasteiger partial charge on any atom is 0.234 e. The molecule has 0 heterocycles. The smallest absolute Gasteiger partial charge is 0.234 e. The Morgan fingerprint density at radius 3 is 1.94 bits per heavy atom. The van der Waals surface area contributed by atoms with Gasteiger partial charge in [-0.2, -0.15) is 0 Å². The van der Waals surface area contributed by atoms with Crippen LogP contribution in [0.15, 0.2) is 0 Å². The van der Waals surface area contributed by atoms with Crippen molar-refractivity contribution in [3.05, 3.63) is 0 Å². The van der Waals surface area contributed by atoms with Gasteiger partial charge in [0.15, 0.2) is 0 Å². The van der Waals surface area contributed by atoms with E-state index in [9.17, 15) is 4.79 Å². The molecule has 4 bridgehead atoms. The predicted octanol–water partition coefficient (Wildman–Crippen LogP) is 1.45. The number of hydrogen-bond acceptors (Lipinski definition) is 2. The Kier molecular flexibility index (Phi) is 3.19. The van der Waals surface area contributed by atoms with Crippen molar-refractivity contribution in [2.24, 2.45) is 23.5 Å². The van der Waals surface area contributed by atoms with Gasteiger partial charge in [0.2, 0.25) is 5.91 Å². The highest BCUT2D eigenvalue weighted by atomic mass is 35.5. The van der Waals surface area contributed by atoms with Crippen LogP contribution in [0.5, 0.6) is 0 Å². The van der Waals surface area contributed by atoms with Crippen LogP contribution in [-0.4, -0.2) is 18.0 Å². The predicted molar refractivity (Wildman–Crippen MR) is 65.3 cm³/mol. The average Bonchev–Trinajstić information content (AvgIpc) is 2.14. The zero-order valence-corrected chi connectivity index (χ0v) is 10.4. The van der Waals surface area contributed by atoms with Crippen LogP contribution in [0.4, 0.5) is 0 Å². The molecule has 4 aliphatic rings. The molecule has 0 spiro atoms. The Morgan fingerprint density at radius 1 is 1.12 bits per heavy atom. The average molecular weight is 245 g/mol. The lowest BCUT2D eigenvalue weighted by Crippen LogP contribution is -2.60. The minimum absolute atomic E-state index is 0. The molecule has 0 aromatic rings. The number of halogens is 1. The first kappa shape index (κ1) is 12.2. The summed E-state index contributed by atoms with van der Waals surface area (Å²) in [6, 6.07) is 0. The van der Waals surface area contributed by atoms with Crippen LogP contribution < -0.4 is 11.1 Å². The molecule has 4 aliphatic carbocycles. The van der Waals surface area contributed by atoms with E-state index in [0.717, 1.165) is 17.8 Å². The Bertz CT molecular complexity index is 257. The summed E-state index contributed by atoms with van der Waals surface area (Å²) < 4.78 is 0. The molecule has 0 aliphatic heterocycles. The zero-order valence-electron chi connectivity index (χ0n) is 9.58. The molecule has 16 heavy (non-hydrogen) atoms. The molecule has 3 nitrogen and oxygen atoms in total. The minimum Gasteiger partial charge on any atom is -0.350 e.